The summed E-state index contributed by atoms with van der Waals surface area (Å²) in [5, 5.41) is 2.90. The van der Waals surface area contributed by atoms with Crippen LogP contribution < -0.4 is 11.1 Å². The van der Waals surface area contributed by atoms with Crippen molar-refractivity contribution < 1.29 is 4.79 Å². The van der Waals surface area contributed by atoms with E-state index in [1.807, 2.05) is 54.6 Å². The predicted molar refractivity (Wildman–Crippen MR) is 106 cm³/mol. The summed E-state index contributed by atoms with van der Waals surface area (Å²) in [6.45, 7) is 2.56. The van der Waals surface area contributed by atoms with Gasteiger partial charge in [-0.25, -0.2) is 0 Å². The van der Waals surface area contributed by atoms with E-state index in [0.717, 1.165) is 17.7 Å². The minimum Gasteiger partial charge on any atom is -0.383 e. The number of nitrogens with zero attached hydrogens (tertiary/aromatic N) is 1. The first kappa shape index (κ1) is 17.4. The predicted octanol–water partition coefficient (Wildman–Crippen LogP) is 4.34. The molecule has 3 N–H and O–H groups in total. The molecule has 25 heavy (non-hydrogen) atoms. The van der Waals surface area contributed by atoms with Crippen LogP contribution in [0.1, 0.15) is 27.7 Å². The fourth-order valence-corrected chi connectivity index (χ4v) is 3.82. The van der Waals surface area contributed by atoms with Crippen molar-refractivity contribution in [3.8, 4) is 5.69 Å². The van der Waals surface area contributed by atoms with E-state index in [0.29, 0.717) is 21.2 Å². The van der Waals surface area contributed by atoms with Crippen molar-refractivity contribution >= 4 is 35.3 Å². The van der Waals surface area contributed by atoms with Gasteiger partial charge in [0.25, 0.3) is 5.91 Å². The molecule has 2 aromatic carbocycles. The third-order valence-corrected chi connectivity index (χ3v) is 5.34. The van der Waals surface area contributed by atoms with Crippen LogP contribution in [0.4, 0.5) is 5.82 Å². The van der Waals surface area contributed by atoms with Gasteiger partial charge in [0.15, 0.2) is 3.95 Å². The third kappa shape index (κ3) is 3.81. The fourth-order valence-electron chi connectivity index (χ4n) is 2.53. The molecule has 0 saturated heterocycles. The zero-order valence-corrected chi connectivity index (χ0v) is 15.5. The Bertz CT molecular complexity index is 928. The zero-order valence-electron chi connectivity index (χ0n) is 13.9. The van der Waals surface area contributed by atoms with Crippen LogP contribution in [-0.4, -0.2) is 10.5 Å². The van der Waals surface area contributed by atoms with Gasteiger partial charge in [-0.15, -0.1) is 0 Å². The zero-order chi connectivity index (χ0) is 17.8. The van der Waals surface area contributed by atoms with Gasteiger partial charge in [0.1, 0.15) is 10.7 Å². The number of amides is 1. The maximum Gasteiger partial charge on any atom is 0.265 e. The van der Waals surface area contributed by atoms with Gasteiger partial charge in [-0.3, -0.25) is 9.36 Å². The molecule has 0 unspecified atom stereocenters. The summed E-state index contributed by atoms with van der Waals surface area (Å²) in [7, 11) is 0. The first-order valence-electron chi connectivity index (χ1n) is 8.03. The number of aromatic nitrogens is 1. The minimum atomic E-state index is -0.207. The lowest BCUT2D eigenvalue weighted by Gasteiger charge is -2.08. The van der Waals surface area contributed by atoms with E-state index in [1.54, 1.807) is 4.57 Å². The monoisotopic (exact) mass is 369 g/mol. The highest BCUT2D eigenvalue weighted by atomic mass is 32.1. The van der Waals surface area contributed by atoms with Gasteiger partial charge in [-0.2, -0.15) is 0 Å². The Kier molecular flexibility index (Phi) is 5.31. The first-order chi connectivity index (χ1) is 12.1. The topological polar surface area (TPSA) is 60.0 Å². The van der Waals surface area contributed by atoms with E-state index < -0.39 is 0 Å². The maximum absolute atomic E-state index is 12.5. The molecule has 0 radical (unpaired) electrons. The Balaban J connectivity index is 1.83. The highest BCUT2D eigenvalue weighted by Gasteiger charge is 2.17. The third-order valence-electron chi connectivity index (χ3n) is 3.95. The van der Waals surface area contributed by atoms with Crippen molar-refractivity contribution in [3.63, 3.8) is 0 Å². The van der Waals surface area contributed by atoms with Gasteiger partial charge in [0, 0.05) is 12.2 Å². The number of carbonyl (C=O) groups excluding carboxylic acids is 1. The number of aryl methyl sites for hydroxylation is 1. The second-order valence-electron chi connectivity index (χ2n) is 5.61. The molecule has 1 heterocycles. The molecule has 4 nitrogen and oxygen atoms in total. The summed E-state index contributed by atoms with van der Waals surface area (Å²) in [4.78, 5) is 12.9. The number of nitrogens with one attached hydrogen (secondary N) is 1. The van der Waals surface area contributed by atoms with Gasteiger partial charge < -0.3 is 11.1 Å². The van der Waals surface area contributed by atoms with Crippen molar-refractivity contribution in [1.82, 2.24) is 9.88 Å². The summed E-state index contributed by atoms with van der Waals surface area (Å²) < 4.78 is 2.31. The molecular formula is C19H19N3OS2. The van der Waals surface area contributed by atoms with Crippen LogP contribution in [0.25, 0.3) is 5.69 Å². The van der Waals surface area contributed by atoms with Gasteiger partial charge in [0.2, 0.25) is 0 Å². The highest BCUT2D eigenvalue weighted by Crippen LogP contribution is 2.26. The van der Waals surface area contributed by atoms with Crippen LogP contribution in [0.2, 0.25) is 0 Å². The van der Waals surface area contributed by atoms with Gasteiger partial charge in [-0.1, -0.05) is 60.7 Å². The second-order valence-corrected chi connectivity index (χ2v) is 7.25. The SMILES string of the molecule is CCc1ccc(-n2c(N)c(C(=O)NCc3ccccc3)sc2=S)cc1. The smallest absolute Gasteiger partial charge is 0.265 e. The van der Waals surface area contributed by atoms with E-state index >= 15 is 0 Å². The van der Waals surface area contributed by atoms with Crippen molar-refractivity contribution in [2.45, 2.75) is 19.9 Å². The normalized spacial score (nSPS) is 10.6. The standard InChI is InChI=1S/C19H19N3OS2/c1-2-13-8-10-15(11-9-13)22-17(20)16(25-19(22)24)18(23)21-12-14-6-4-3-5-7-14/h3-11H,2,12,20H2,1H3,(H,21,23). The van der Waals surface area contributed by atoms with Crippen LogP contribution in [0.15, 0.2) is 54.6 Å². The molecular weight excluding hydrogens is 350 g/mol. The molecule has 3 aromatic rings. The fraction of sp³-hybridized carbons (Fsp3) is 0.158. The van der Waals surface area contributed by atoms with E-state index in [2.05, 4.69) is 12.2 Å². The average molecular weight is 370 g/mol. The lowest BCUT2D eigenvalue weighted by molar-refractivity contribution is 0.0955. The molecule has 0 bridgehead atoms. The molecule has 0 atom stereocenters. The Morgan fingerprint density at radius 1 is 1.12 bits per heavy atom. The molecule has 0 saturated carbocycles. The lowest BCUT2D eigenvalue weighted by Crippen LogP contribution is -2.23. The van der Waals surface area contributed by atoms with Crippen LogP contribution in [-0.2, 0) is 13.0 Å². The molecule has 0 aliphatic carbocycles. The number of carbonyl (C=O) groups is 1. The Hall–Kier alpha value is -2.44. The van der Waals surface area contributed by atoms with E-state index in [-0.39, 0.29) is 5.91 Å². The van der Waals surface area contributed by atoms with Crippen molar-refractivity contribution in [2.24, 2.45) is 0 Å². The summed E-state index contributed by atoms with van der Waals surface area (Å²) in [5.74, 6) is 0.172. The number of thiazole rings is 1. The average Bonchev–Trinajstić information content (AvgIpc) is 2.95. The number of nitrogen functional groups attached to an aromatic ring is 1. The highest BCUT2D eigenvalue weighted by molar-refractivity contribution is 7.73. The number of nitrogens with two attached hydrogens (primary N) is 1. The summed E-state index contributed by atoms with van der Waals surface area (Å²) in [6.07, 6.45) is 0.970. The van der Waals surface area contributed by atoms with Crippen LogP contribution >= 0.6 is 23.6 Å². The van der Waals surface area contributed by atoms with Crippen molar-refractivity contribution in [1.29, 1.82) is 0 Å². The number of rotatable bonds is 5. The van der Waals surface area contributed by atoms with Crippen molar-refractivity contribution in [2.75, 3.05) is 5.73 Å². The Morgan fingerprint density at radius 3 is 2.44 bits per heavy atom. The molecule has 0 aliphatic rings. The summed E-state index contributed by atoms with van der Waals surface area (Å²) in [5.41, 5.74) is 9.37. The molecule has 0 aliphatic heterocycles. The number of anilines is 1. The molecule has 1 aromatic heterocycles. The first-order valence-corrected chi connectivity index (χ1v) is 9.25. The van der Waals surface area contributed by atoms with E-state index in [1.165, 1.54) is 16.9 Å². The quantitative estimate of drug-likeness (QED) is 0.658. The molecule has 3 rings (SSSR count). The van der Waals surface area contributed by atoms with Crippen LogP contribution in [0.3, 0.4) is 0 Å². The van der Waals surface area contributed by atoms with Crippen LogP contribution in [0.5, 0.6) is 0 Å². The minimum absolute atomic E-state index is 0.207. The van der Waals surface area contributed by atoms with Crippen LogP contribution in [0, 0.1) is 3.95 Å². The number of benzene rings is 2. The summed E-state index contributed by atoms with van der Waals surface area (Å²) in [6, 6.07) is 17.8. The Labute approximate surface area is 155 Å². The van der Waals surface area contributed by atoms with E-state index in [4.69, 9.17) is 18.0 Å². The molecule has 0 fully saturated rings. The number of hydrogen-bond donors (Lipinski definition) is 2. The molecule has 1 amide bonds. The molecule has 128 valence electrons. The number of hydrogen-bond acceptors (Lipinski definition) is 4. The van der Waals surface area contributed by atoms with Crippen molar-refractivity contribution in [3.05, 3.63) is 74.6 Å². The van der Waals surface area contributed by atoms with E-state index in [9.17, 15) is 4.79 Å². The van der Waals surface area contributed by atoms with Gasteiger partial charge in [-0.05, 0) is 41.9 Å². The van der Waals surface area contributed by atoms with Gasteiger partial charge in [0.05, 0.1) is 0 Å². The summed E-state index contributed by atoms with van der Waals surface area (Å²) >= 11 is 6.65. The maximum atomic E-state index is 12.5. The molecule has 0 spiro atoms. The molecule has 6 heteroatoms. The lowest BCUT2D eigenvalue weighted by atomic mass is 10.1. The van der Waals surface area contributed by atoms with Gasteiger partial charge >= 0.3 is 0 Å². The Morgan fingerprint density at radius 2 is 1.80 bits per heavy atom. The largest absolute Gasteiger partial charge is 0.383 e. The second kappa shape index (κ2) is 7.63.